The summed E-state index contributed by atoms with van der Waals surface area (Å²) in [4.78, 5) is 2.64. The molecule has 120 valence electrons. The van der Waals surface area contributed by atoms with E-state index in [0.29, 0.717) is 5.41 Å². The molecule has 0 amide bonds. The minimum absolute atomic E-state index is 0.597. The Morgan fingerprint density at radius 2 is 2.05 bits per heavy atom. The lowest BCUT2D eigenvalue weighted by molar-refractivity contribution is 0.286. The van der Waals surface area contributed by atoms with E-state index in [4.69, 9.17) is 0 Å². The van der Waals surface area contributed by atoms with E-state index >= 15 is 0 Å². The summed E-state index contributed by atoms with van der Waals surface area (Å²) in [6, 6.07) is 0. The van der Waals surface area contributed by atoms with Gasteiger partial charge in [-0.25, -0.2) is 0 Å². The summed E-state index contributed by atoms with van der Waals surface area (Å²) in [5.74, 6) is 1.72. The second-order valence-corrected chi connectivity index (χ2v) is 7.94. The maximum Gasteiger partial charge on any atom is 0.0208 e. The van der Waals surface area contributed by atoms with E-state index in [0.717, 1.165) is 11.8 Å². The molecule has 2 aliphatic rings. The number of allylic oxidation sites excluding steroid dienone is 3. The van der Waals surface area contributed by atoms with Crippen molar-refractivity contribution in [1.29, 1.82) is 0 Å². The largest absolute Gasteiger partial charge is 0.375 e. The van der Waals surface area contributed by atoms with Crippen LogP contribution in [0.25, 0.3) is 0 Å². The standard InChI is InChI=1S/C20H35N/c1-6-7-13-21(17(4)18-10-11-18)15-19-14-20(19,5)12-8-9-16(2)3/h9,18-19H,4,6-8,10-15H2,1-3,5H3. The Balaban J connectivity index is 1.80. The van der Waals surface area contributed by atoms with Crippen LogP contribution in [-0.2, 0) is 0 Å². The monoisotopic (exact) mass is 289 g/mol. The quantitative estimate of drug-likeness (QED) is 0.460. The maximum absolute atomic E-state index is 4.40. The third-order valence-corrected chi connectivity index (χ3v) is 5.48. The van der Waals surface area contributed by atoms with Crippen LogP contribution in [-0.4, -0.2) is 18.0 Å². The first-order valence-electron chi connectivity index (χ1n) is 9.03. The minimum Gasteiger partial charge on any atom is -0.375 e. The SMILES string of the molecule is C=C(C1CC1)N(CCCC)CC1CC1(C)CCC=C(C)C. The molecule has 0 aromatic carbocycles. The number of rotatable bonds is 10. The van der Waals surface area contributed by atoms with Crippen LogP contribution in [0.4, 0.5) is 0 Å². The Kier molecular flexibility index (Phi) is 5.57. The van der Waals surface area contributed by atoms with Gasteiger partial charge >= 0.3 is 0 Å². The van der Waals surface area contributed by atoms with Crippen molar-refractivity contribution in [2.75, 3.05) is 13.1 Å². The normalized spacial score (nSPS) is 27.3. The zero-order chi connectivity index (χ0) is 15.5. The second kappa shape index (κ2) is 7.03. The number of unbranched alkanes of at least 4 members (excludes halogenated alkanes) is 1. The fourth-order valence-corrected chi connectivity index (χ4v) is 3.43. The summed E-state index contributed by atoms with van der Waals surface area (Å²) in [5, 5.41) is 0. The van der Waals surface area contributed by atoms with Crippen LogP contribution in [0, 0.1) is 17.3 Å². The maximum atomic E-state index is 4.40. The molecular weight excluding hydrogens is 254 g/mol. The number of hydrogen-bond donors (Lipinski definition) is 0. The van der Waals surface area contributed by atoms with Gasteiger partial charge in [-0.05, 0) is 69.6 Å². The van der Waals surface area contributed by atoms with Crippen LogP contribution < -0.4 is 0 Å². The zero-order valence-electron chi connectivity index (χ0n) is 14.8. The molecule has 2 rings (SSSR count). The molecule has 0 bridgehead atoms. The highest BCUT2D eigenvalue weighted by Gasteiger charge is 2.49. The van der Waals surface area contributed by atoms with Crippen molar-refractivity contribution in [3.63, 3.8) is 0 Å². The summed E-state index contributed by atoms with van der Waals surface area (Å²) in [5.41, 5.74) is 3.50. The number of hydrogen-bond acceptors (Lipinski definition) is 1. The van der Waals surface area contributed by atoms with Crippen molar-refractivity contribution < 1.29 is 0 Å². The van der Waals surface area contributed by atoms with Crippen molar-refractivity contribution >= 4 is 0 Å². The molecule has 0 saturated heterocycles. The number of nitrogens with zero attached hydrogens (tertiary/aromatic N) is 1. The summed E-state index contributed by atoms with van der Waals surface area (Å²) in [6.07, 6.45) is 11.8. The lowest BCUT2D eigenvalue weighted by atomic mass is 9.98. The van der Waals surface area contributed by atoms with Crippen molar-refractivity contribution in [1.82, 2.24) is 4.90 Å². The van der Waals surface area contributed by atoms with Crippen LogP contribution in [0.3, 0.4) is 0 Å². The van der Waals surface area contributed by atoms with E-state index in [1.54, 1.807) is 0 Å². The van der Waals surface area contributed by atoms with Crippen LogP contribution in [0.2, 0.25) is 0 Å². The Morgan fingerprint density at radius 3 is 2.62 bits per heavy atom. The fraction of sp³-hybridized carbons (Fsp3) is 0.800. The third kappa shape index (κ3) is 4.90. The second-order valence-electron chi connectivity index (χ2n) is 7.94. The van der Waals surface area contributed by atoms with Gasteiger partial charge in [-0.2, -0.15) is 0 Å². The molecule has 21 heavy (non-hydrogen) atoms. The summed E-state index contributed by atoms with van der Waals surface area (Å²) in [6.45, 7) is 16.1. The van der Waals surface area contributed by atoms with E-state index in [2.05, 4.69) is 45.2 Å². The molecule has 2 atom stereocenters. The van der Waals surface area contributed by atoms with Gasteiger partial charge in [-0.3, -0.25) is 0 Å². The van der Waals surface area contributed by atoms with Gasteiger partial charge in [0.25, 0.3) is 0 Å². The highest BCUT2D eigenvalue weighted by molar-refractivity contribution is 5.10. The zero-order valence-corrected chi connectivity index (χ0v) is 14.8. The van der Waals surface area contributed by atoms with Crippen molar-refractivity contribution in [2.24, 2.45) is 17.3 Å². The third-order valence-electron chi connectivity index (χ3n) is 5.48. The van der Waals surface area contributed by atoms with Crippen LogP contribution >= 0.6 is 0 Å². The summed E-state index contributed by atoms with van der Waals surface area (Å²) >= 11 is 0. The van der Waals surface area contributed by atoms with Gasteiger partial charge in [0.1, 0.15) is 0 Å². The predicted octanol–water partition coefficient (Wildman–Crippen LogP) is 5.78. The first-order valence-corrected chi connectivity index (χ1v) is 9.03. The molecule has 0 aromatic rings. The van der Waals surface area contributed by atoms with Gasteiger partial charge < -0.3 is 4.90 Å². The van der Waals surface area contributed by atoms with Gasteiger partial charge in [-0.1, -0.05) is 38.5 Å². The molecular formula is C20H35N. The van der Waals surface area contributed by atoms with E-state index < -0.39 is 0 Å². The summed E-state index contributed by atoms with van der Waals surface area (Å²) in [7, 11) is 0. The Labute approximate surface area is 132 Å². The Morgan fingerprint density at radius 1 is 1.33 bits per heavy atom. The molecule has 2 fully saturated rings. The molecule has 2 saturated carbocycles. The average Bonchev–Trinajstić information content (AvgIpc) is 3.31. The Hall–Kier alpha value is -0.720. The molecule has 0 spiro atoms. The molecule has 2 unspecified atom stereocenters. The molecule has 0 aliphatic heterocycles. The van der Waals surface area contributed by atoms with E-state index in [-0.39, 0.29) is 0 Å². The highest BCUT2D eigenvalue weighted by atomic mass is 15.1. The molecule has 0 heterocycles. The molecule has 1 heteroatoms. The first kappa shape index (κ1) is 16.6. The predicted molar refractivity (Wildman–Crippen MR) is 93.2 cm³/mol. The van der Waals surface area contributed by atoms with Crippen LogP contribution in [0.1, 0.15) is 72.6 Å². The molecule has 0 radical (unpaired) electrons. The smallest absolute Gasteiger partial charge is 0.0208 e. The van der Waals surface area contributed by atoms with Gasteiger partial charge in [0.15, 0.2) is 0 Å². The van der Waals surface area contributed by atoms with E-state index in [9.17, 15) is 0 Å². The average molecular weight is 290 g/mol. The molecule has 0 N–H and O–H groups in total. The molecule has 1 nitrogen and oxygen atoms in total. The fourth-order valence-electron chi connectivity index (χ4n) is 3.43. The lowest BCUT2D eigenvalue weighted by Gasteiger charge is -2.28. The highest BCUT2D eigenvalue weighted by Crippen LogP contribution is 2.56. The molecule has 0 aromatic heterocycles. The van der Waals surface area contributed by atoms with Crippen molar-refractivity contribution in [3.05, 3.63) is 23.9 Å². The Bertz CT molecular complexity index is 387. The van der Waals surface area contributed by atoms with E-state index in [1.807, 2.05) is 0 Å². The van der Waals surface area contributed by atoms with Gasteiger partial charge in [0.2, 0.25) is 0 Å². The van der Waals surface area contributed by atoms with E-state index in [1.165, 1.54) is 69.3 Å². The summed E-state index contributed by atoms with van der Waals surface area (Å²) < 4.78 is 0. The van der Waals surface area contributed by atoms with Crippen molar-refractivity contribution in [2.45, 2.75) is 72.6 Å². The topological polar surface area (TPSA) is 3.24 Å². The van der Waals surface area contributed by atoms with Gasteiger partial charge in [-0.15, -0.1) is 0 Å². The minimum atomic E-state index is 0.597. The first-order chi connectivity index (χ1) is 9.96. The lowest BCUT2D eigenvalue weighted by Crippen LogP contribution is -2.28. The molecule has 2 aliphatic carbocycles. The van der Waals surface area contributed by atoms with Gasteiger partial charge in [0, 0.05) is 18.8 Å². The van der Waals surface area contributed by atoms with Crippen molar-refractivity contribution in [3.8, 4) is 0 Å². The van der Waals surface area contributed by atoms with Crippen LogP contribution in [0.15, 0.2) is 23.9 Å². The van der Waals surface area contributed by atoms with Gasteiger partial charge in [0.05, 0.1) is 0 Å². The van der Waals surface area contributed by atoms with Crippen LogP contribution in [0.5, 0.6) is 0 Å².